The Bertz CT molecular complexity index is 337. The normalized spacial score (nSPS) is 36.8. The Morgan fingerprint density at radius 2 is 2.05 bits per heavy atom. The van der Waals surface area contributed by atoms with E-state index in [9.17, 15) is 15.0 Å². The molecule has 3 N–H and O–H groups in total. The van der Waals surface area contributed by atoms with Crippen molar-refractivity contribution in [2.45, 2.75) is 56.7 Å². The van der Waals surface area contributed by atoms with Gasteiger partial charge in [-0.15, -0.1) is 0 Å². The van der Waals surface area contributed by atoms with Crippen LogP contribution in [0.2, 0.25) is 0 Å². The number of carboxylic acids is 1. The Hall–Kier alpha value is -0.340. The van der Waals surface area contributed by atoms with E-state index in [0.29, 0.717) is 18.8 Å². The summed E-state index contributed by atoms with van der Waals surface area (Å²) in [5.41, 5.74) is 0. The van der Waals surface area contributed by atoms with Gasteiger partial charge in [-0.25, -0.2) is 0 Å². The van der Waals surface area contributed by atoms with Gasteiger partial charge in [0.15, 0.2) is 6.29 Å². The van der Waals surface area contributed by atoms with E-state index in [4.69, 9.17) is 14.6 Å². The van der Waals surface area contributed by atoms with Crippen molar-refractivity contribution in [3.05, 3.63) is 0 Å². The largest absolute Gasteiger partial charge is 0.481 e. The fourth-order valence-corrected chi connectivity index (χ4v) is 3.93. The first-order valence-electron chi connectivity index (χ1n) is 7.52. The van der Waals surface area contributed by atoms with Crippen LogP contribution in [0.4, 0.5) is 0 Å². The summed E-state index contributed by atoms with van der Waals surface area (Å²) < 4.78 is 11.3. The first kappa shape index (κ1) is 17.0. The van der Waals surface area contributed by atoms with E-state index in [1.54, 1.807) is 11.8 Å². The number of aliphatic hydroxyl groups is 2. The molecule has 0 spiro atoms. The van der Waals surface area contributed by atoms with Gasteiger partial charge in [-0.3, -0.25) is 4.79 Å². The van der Waals surface area contributed by atoms with Crippen molar-refractivity contribution in [1.29, 1.82) is 0 Å². The summed E-state index contributed by atoms with van der Waals surface area (Å²) >= 11 is 1.63. The van der Waals surface area contributed by atoms with Crippen LogP contribution in [0.15, 0.2) is 0 Å². The van der Waals surface area contributed by atoms with Crippen molar-refractivity contribution in [3.8, 4) is 0 Å². The Kier molecular flexibility index (Phi) is 6.75. The third-order valence-corrected chi connectivity index (χ3v) is 5.17. The van der Waals surface area contributed by atoms with Gasteiger partial charge in [0, 0.05) is 24.7 Å². The van der Waals surface area contributed by atoms with Crippen LogP contribution in [0.1, 0.15) is 32.1 Å². The van der Waals surface area contributed by atoms with Crippen molar-refractivity contribution in [2.24, 2.45) is 5.92 Å². The molecule has 2 bridgehead atoms. The van der Waals surface area contributed by atoms with Crippen LogP contribution >= 0.6 is 11.8 Å². The number of aliphatic carboxylic acids is 1. The lowest BCUT2D eigenvalue weighted by molar-refractivity contribution is -0.277. The predicted molar refractivity (Wildman–Crippen MR) is 78.2 cm³/mol. The van der Waals surface area contributed by atoms with Gasteiger partial charge in [0.2, 0.25) is 0 Å². The highest BCUT2D eigenvalue weighted by molar-refractivity contribution is 7.99. The quantitative estimate of drug-likeness (QED) is 0.624. The summed E-state index contributed by atoms with van der Waals surface area (Å²) in [4.78, 5) is 10.5. The second-order valence-corrected chi connectivity index (χ2v) is 6.78. The van der Waals surface area contributed by atoms with Crippen LogP contribution in [0, 0.1) is 5.92 Å². The van der Waals surface area contributed by atoms with E-state index in [-0.39, 0.29) is 18.4 Å². The number of fused-ring (bicyclic) bond motifs is 6. The molecular weight excluding hydrogens is 296 g/mol. The maximum Gasteiger partial charge on any atom is 0.303 e. The van der Waals surface area contributed by atoms with E-state index in [1.807, 2.05) is 0 Å². The lowest BCUT2D eigenvalue weighted by Crippen LogP contribution is -2.55. The number of carboxylic acid groups (broad SMARTS) is 1. The average molecular weight is 320 g/mol. The van der Waals surface area contributed by atoms with Crippen LogP contribution in [0.3, 0.4) is 0 Å². The second-order valence-electron chi connectivity index (χ2n) is 5.63. The van der Waals surface area contributed by atoms with Crippen molar-refractivity contribution in [2.75, 3.05) is 18.1 Å². The Morgan fingerprint density at radius 1 is 1.24 bits per heavy atom. The maximum absolute atomic E-state index is 10.5. The number of rotatable bonds is 6. The summed E-state index contributed by atoms with van der Waals surface area (Å²) in [6.07, 6.45) is 0.777. The Morgan fingerprint density at radius 3 is 2.81 bits per heavy atom. The fourth-order valence-electron chi connectivity index (χ4n) is 2.85. The maximum atomic E-state index is 10.5. The molecule has 0 aromatic heterocycles. The number of hydrogen-bond donors (Lipinski definition) is 3. The molecular formula is C14H24O6S. The topological polar surface area (TPSA) is 96.2 Å². The third-order valence-electron chi connectivity index (χ3n) is 4.03. The molecule has 3 saturated heterocycles. The SMILES string of the molecule is O=C(O)CCCSCC1OC2OCCCCC1C(O)C2O. The molecule has 3 heterocycles. The van der Waals surface area contributed by atoms with Crippen molar-refractivity contribution in [3.63, 3.8) is 0 Å². The molecule has 0 amide bonds. The summed E-state index contributed by atoms with van der Waals surface area (Å²) in [6, 6.07) is 0. The molecule has 0 aromatic rings. The summed E-state index contributed by atoms with van der Waals surface area (Å²) in [7, 11) is 0. The zero-order valence-corrected chi connectivity index (χ0v) is 12.8. The molecule has 5 atom stereocenters. The van der Waals surface area contributed by atoms with E-state index in [1.165, 1.54) is 0 Å². The highest BCUT2D eigenvalue weighted by atomic mass is 32.2. The fraction of sp³-hybridized carbons (Fsp3) is 0.929. The molecule has 0 aliphatic carbocycles. The number of aliphatic hydroxyl groups excluding tert-OH is 2. The minimum Gasteiger partial charge on any atom is -0.481 e. The molecule has 5 unspecified atom stereocenters. The molecule has 0 saturated carbocycles. The molecule has 3 aliphatic heterocycles. The zero-order chi connectivity index (χ0) is 15.2. The van der Waals surface area contributed by atoms with Crippen LogP contribution in [0.5, 0.6) is 0 Å². The van der Waals surface area contributed by atoms with Gasteiger partial charge in [0.1, 0.15) is 6.10 Å². The molecule has 122 valence electrons. The highest BCUT2D eigenvalue weighted by Gasteiger charge is 2.44. The van der Waals surface area contributed by atoms with E-state index in [0.717, 1.165) is 25.0 Å². The Balaban J connectivity index is 1.84. The van der Waals surface area contributed by atoms with Gasteiger partial charge in [-0.05, 0) is 25.0 Å². The third kappa shape index (κ3) is 4.82. The van der Waals surface area contributed by atoms with E-state index in [2.05, 4.69) is 0 Å². The van der Waals surface area contributed by atoms with Gasteiger partial charge in [0.05, 0.1) is 12.2 Å². The number of carbonyl (C=O) groups is 1. The van der Waals surface area contributed by atoms with Crippen molar-refractivity contribution in [1.82, 2.24) is 0 Å². The number of hydrogen-bond acceptors (Lipinski definition) is 6. The van der Waals surface area contributed by atoms with Crippen LogP contribution in [0.25, 0.3) is 0 Å². The molecule has 21 heavy (non-hydrogen) atoms. The molecule has 0 aromatic carbocycles. The second kappa shape index (κ2) is 8.33. The molecule has 3 rings (SSSR count). The van der Waals surface area contributed by atoms with Crippen molar-refractivity contribution < 1.29 is 29.6 Å². The summed E-state index contributed by atoms with van der Waals surface area (Å²) in [6.45, 7) is 0.541. The minimum absolute atomic E-state index is 0.0788. The van der Waals surface area contributed by atoms with Crippen LogP contribution in [-0.4, -0.2) is 64.0 Å². The lowest BCUT2D eigenvalue weighted by Gasteiger charge is -2.42. The molecule has 7 heteroatoms. The van der Waals surface area contributed by atoms with Gasteiger partial charge in [-0.2, -0.15) is 11.8 Å². The summed E-state index contributed by atoms with van der Waals surface area (Å²) in [5.74, 6) is 0.585. The number of ether oxygens (including phenoxy) is 2. The van der Waals surface area contributed by atoms with E-state index >= 15 is 0 Å². The van der Waals surface area contributed by atoms with Crippen molar-refractivity contribution >= 4 is 17.7 Å². The molecule has 3 aliphatic rings. The average Bonchev–Trinajstić information content (AvgIpc) is 2.58. The van der Waals surface area contributed by atoms with Gasteiger partial charge in [0.25, 0.3) is 0 Å². The van der Waals surface area contributed by atoms with Crippen LogP contribution < -0.4 is 0 Å². The highest BCUT2D eigenvalue weighted by Crippen LogP contribution is 2.33. The Labute approximate surface area is 128 Å². The number of thioether (sulfide) groups is 1. The van der Waals surface area contributed by atoms with E-state index < -0.39 is 24.5 Å². The predicted octanol–water partition coefficient (Wildman–Crippen LogP) is 0.848. The minimum atomic E-state index is -0.985. The lowest BCUT2D eigenvalue weighted by atomic mass is 9.86. The summed E-state index contributed by atoms with van der Waals surface area (Å²) in [5, 5.41) is 28.9. The van der Waals surface area contributed by atoms with Gasteiger partial charge < -0.3 is 24.8 Å². The van der Waals surface area contributed by atoms with Crippen LogP contribution in [-0.2, 0) is 14.3 Å². The molecule has 3 fully saturated rings. The monoisotopic (exact) mass is 320 g/mol. The smallest absolute Gasteiger partial charge is 0.303 e. The zero-order valence-electron chi connectivity index (χ0n) is 12.0. The van der Waals surface area contributed by atoms with Gasteiger partial charge in [-0.1, -0.05) is 6.42 Å². The van der Waals surface area contributed by atoms with Gasteiger partial charge >= 0.3 is 5.97 Å². The molecule has 0 radical (unpaired) electrons. The first-order chi connectivity index (χ1) is 10.1. The standard InChI is InChI=1S/C14H24O6S/c15-11(16)5-3-7-21-8-10-9-4-1-2-6-19-14(20-10)13(18)12(9)17/h9-10,12-14,17-18H,1-8H2,(H,15,16). The first-order valence-corrected chi connectivity index (χ1v) is 8.68. The molecule has 6 nitrogen and oxygen atoms in total.